The van der Waals surface area contributed by atoms with Crippen molar-refractivity contribution in [1.82, 2.24) is 4.90 Å². The summed E-state index contributed by atoms with van der Waals surface area (Å²) in [6.07, 6.45) is 1.46. The van der Waals surface area contributed by atoms with Crippen LogP contribution in [0.1, 0.15) is 33.1 Å². The molecule has 1 amide bonds. The van der Waals surface area contributed by atoms with E-state index in [1.54, 1.807) is 4.90 Å². The van der Waals surface area contributed by atoms with Crippen molar-refractivity contribution in [1.29, 1.82) is 0 Å². The maximum Gasteiger partial charge on any atom is 0.308 e. The first-order chi connectivity index (χ1) is 8.52. The van der Waals surface area contributed by atoms with Gasteiger partial charge in [-0.15, -0.1) is 0 Å². The van der Waals surface area contributed by atoms with E-state index in [1.165, 1.54) is 7.11 Å². The Hall–Kier alpha value is -1.10. The summed E-state index contributed by atoms with van der Waals surface area (Å²) >= 11 is 0. The highest BCUT2D eigenvalue weighted by molar-refractivity contribution is 5.76. The number of hydrogen-bond acceptors (Lipinski definition) is 4. The van der Waals surface area contributed by atoms with Gasteiger partial charge in [0.25, 0.3) is 0 Å². The SMILES string of the molecule is COC(=O)CC1CN(C(=O)CCC(C)C)CCO1. The van der Waals surface area contributed by atoms with Gasteiger partial charge in [0.05, 0.1) is 26.2 Å². The van der Waals surface area contributed by atoms with Crippen LogP contribution in [0.3, 0.4) is 0 Å². The maximum absolute atomic E-state index is 12.0. The van der Waals surface area contributed by atoms with Gasteiger partial charge in [0, 0.05) is 19.5 Å². The van der Waals surface area contributed by atoms with Gasteiger partial charge in [-0.3, -0.25) is 9.59 Å². The average Bonchev–Trinajstić information content (AvgIpc) is 2.36. The van der Waals surface area contributed by atoms with Crippen molar-refractivity contribution in [2.24, 2.45) is 5.92 Å². The molecule has 1 fully saturated rings. The number of hydrogen-bond donors (Lipinski definition) is 0. The zero-order valence-electron chi connectivity index (χ0n) is 11.5. The van der Waals surface area contributed by atoms with Gasteiger partial charge in [0.1, 0.15) is 0 Å². The number of carbonyl (C=O) groups excluding carboxylic acids is 2. The molecule has 0 aliphatic carbocycles. The van der Waals surface area contributed by atoms with Gasteiger partial charge in [-0.1, -0.05) is 13.8 Å². The summed E-state index contributed by atoms with van der Waals surface area (Å²) < 4.78 is 10.1. The molecule has 5 nitrogen and oxygen atoms in total. The number of carbonyl (C=O) groups is 2. The molecule has 1 rings (SSSR count). The van der Waals surface area contributed by atoms with Crippen LogP contribution in [0.25, 0.3) is 0 Å². The number of esters is 1. The van der Waals surface area contributed by atoms with E-state index in [2.05, 4.69) is 18.6 Å². The summed E-state index contributed by atoms with van der Waals surface area (Å²) in [4.78, 5) is 24.9. The van der Waals surface area contributed by atoms with Gasteiger partial charge in [-0.25, -0.2) is 0 Å². The molecule has 1 unspecified atom stereocenters. The van der Waals surface area contributed by atoms with Crippen LogP contribution in [0.5, 0.6) is 0 Å². The molecule has 0 spiro atoms. The number of morpholine rings is 1. The van der Waals surface area contributed by atoms with Crippen LogP contribution in [0.15, 0.2) is 0 Å². The average molecular weight is 257 g/mol. The van der Waals surface area contributed by atoms with E-state index in [1.807, 2.05) is 0 Å². The first-order valence-electron chi connectivity index (χ1n) is 6.49. The minimum absolute atomic E-state index is 0.155. The van der Waals surface area contributed by atoms with Crippen LogP contribution in [0, 0.1) is 5.92 Å². The fourth-order valence-corrected chi connectivity index (χ4v) is 1.91. The predicted molar refractivity (Wildman–Crippen MR) is 67.0 cm³/mol. The summed E-state index contributed by atoms with van der Waals surface area (Å²) in [5.41, 5.74) is 0. The maximum atomic E-state index is 12.0. The smallest absolute Gasteiger partial charge is 0.308 e. The normalized spacial score (nSPS) is 20.0. The molecule has 0 saturated carbocycles. The molecule has 1 atom stereocenters. The second kappa shape index (κ2) is 7.36. The summed E-state index contributed by atoms with van der Waals surface area (Å²) in [7, 11) is 1.36. The van der Waals surface area contributed by atoms with E-state index in [4.69, 9.17) is 4.74 Å². The molecule has 0 radical (unpaired) electrons. The largest absolute Gasteiger partial charge is 0.469 e. The lowest BCUT2D eigenvalue weighted by atomic mass is 10.1. The Morgan fingerprint density at radius 3 is 2.78 bits per heavy atom. The molecule has 0 bridgehead atoms. The Balaban J connectivity index is 2.38. The topological polar surface area (TPSA) is 55.8 Å². The molecule has 104 valence electrons. The first kappa shape index (κ1) is 15.0. The molecule has 1 aliphatic rings. The van der Waals surface area contributed by atoms with E-state index in [0.29, 0.717) is 32.0 Å². The molecule has 0 N–H and O–H groups in total. The Labute approximate surface area is 108 Å². The fourth-order valence-electron chi connectivity index (χ4n) is 1.91. The van der Waals surface area contributed by atoms with Gasteiger partial charge < -0.3 is 14.4 Å². The number of nitrogens with zero attached hydrogens (tertiary/aromatic N) is 1. The number of rotatable bonds is 5. The van der Waals surface area contributed by atoms with Crippen LogP contribution in [-0.4, -0.2) is 49.7 Å². The molecular weight excluding hydrogens is 234 g/mol. The third-order valence-corrected chi connectivity index (χ3v) is 3.05. The third-order valence-electron chi connectivity index (χ3n) is 3.05. The van der Waals surface area contributed by atoms with Crippen LogP contribution in [0.2, 0.25) is 0 Å². The Morgan fingerprint density at radius 1 is 1.44 bits per heavy atom. The van der Waals surface area contributed by atoms with Crippen LogP contribution in [-0.2, 0) is 19.1 Å². The van der Waals surface area contributed by atoms with E-state index in [-0.39, 0.29) is 24.4 Å². The summed E-state index contributed by atoms with van der Waals surface area (Å²) in [6, 6.07) is 0. The Kier molecular flexibility index (Phi) is 6.12. The molecule has 18 heavy (non-hydrogen) atoms. The van der Waals surface area contributed by atoms with Crippen molar-refractivity contribution < 1.29 is 19.1 Å². The van der Waals surface area contributed by atoms with Crippen molar-refractivity contribution in [3.8, 4) is 0 Å². The second-order valence-corrected chi connectivity index (χ2v) is 5.05. The minimum atomic E-state index is -0.295. The monoisotopic (exact) mass is 257 g/mol. The Bertz CT molecular complexity index is 291. The summed E-state index contributed by atoms with van der Waals surface area (Å²) in [5.74, 6) is 0.388. The first-order valence-corrected chi connectivity index (χ1v) is 6.49. The minimum Gasteiger partial charge on any atom is -0.469 e. The third kappa shape index (κ3) is 5.04. The Morgan fingerprint density at radius 2 is 2.17 bits per heavy atom. The van der Waals surface area contributed by atoms with E-state index in [0.717, 1.165) is 6.42 Å². The zero-order chi connectivity index (χ0) is 13.5. The molecule has 1 saturated heterocycles. The van der Waals surface area contributed by atoms with Crippen molar-refractivity contribution >= 4 is 11.9 Å². The van der Waals surface area contributed by atoms with Crippen molar-refractivity contribution in [2.75, 3.05) is 26.8 Å². The lowest BCUT2D eigenvalue weighted by Crippen LogP contribution is -2.46. The number of methoxy groups -OCH3 is 1. The zero-order valence-corrected chi connectivity index (χ0v) is 11.5. The molecule has 0 aromatic heterocycles. The standard InChI is InChI=1S/C13H23NO4/c1-10(2)4-5-12(15)14-6-7-18-11(9-14)8-13(16)17-3/h10-11H,4-9H2,1-3H3. The number of ether oxygens (including phenoxy) is 2. The van der Waals surface area contributed by atoms with E-state index in [9.17, 15) is 9.59 Å². The molecule has 5 heteroatoms. The molecular formula is C13H23NO4. The molecule has 0 aromatic carbocycles. The lowest BCUT2D eigenvalue weighted by molar-refractivity contribution is -0.150. The molecule has 1 aliphatic heterocycles. The van der Waals surface area contributed by atoms with Gasteiger partial charge in [-0.2, -0.15) is 0 Å². The summed E-state index contributed by atoms with van der Waals surface area (Å²) in [5, 5.41) is 0. The quantitative estimate of drug-likeness (QED) is 0.695. The predicted octanol–water partition coefficient (Wildman–Crippen LogP) is 1.21. The van der Waals surface area contributed by atoms with E-state index < -0.39 is 0 Å². The van der Waals surface area contributed by atoms with Gasteiger partial charge in [-0.05, 0) is 12.3 Å². The highest BCUT2D eigenvalue weighted by Gasteiger charge is 2.25. The highest BCUT2D eigenvalue weighted by Crippen LogP contribution is 2.13. The highest BCUT2D eigenvalue weighted by atomic mass is 16.5. The van der Waals surface area contributed by atoms with Crippen molar-refractivity contribution in [3.63, 3.8) is 0 Å². The fraction of sp³-hybridized carbons (Fsp3) is 0.846. The van der Waals surface area contributed by atoms with Crippen LogP contribution in [0.4, 0.5) is 0 Å². The van der Waals surface area contributed by atoms with Crippen molar-refractivity contribution in [2.45, 2.75) is 39.2 Å². The van der Waals surface area contributed by atoms with E-state index >= 15 is 0 Å². The van der Waals surface area contributed by atoms with Gasteiger partial charge >= 0.3 is 5.97 Å². The van der Waals surface area contributed by atoms with Crippen LogP contribution < -0.4 is 0 Å². The molecule has 1 heterocycles. The van der Waals surface area contributed by atoms with Gasteiger partial charge in [0.2, 0.25) is 5.91 Å². The number of amides is 1. The second-order valence-electron chi connectivity index (χ2n) is 5.05. The van der Waals surface area contributed by atoms with Crippen LogP contribution >= 0.6 is 0 Å². The van der Waals surface area contributed by atoms with Gasteiger partial charge in [0.15, 0.2) is 0 Å². The summed E-state index contributed by atoms with van der Waals surface area (Å²) in [6.45, 7) is 5.81. The van der Waals surface area contributed by atoms with Crippen molar-refractivity contribution in [3.05, 3.63) is 0 Å². The lowest BCUT2D eigenvalue weighted by Gasteiger charge is -2.32. The molecule has 0 aromatic rings.